The van der Waals surface area contributed by atoms with Crippen LogP contribution in [0.1, 0.15) is 46.5 Å². The van der Waals surface area contributed by atoms with Crippen molar-refractivity contribution in [2.45, 2.75) is 31.7 Å². The molecule has 5 nitrogen and oxygen atoms in total. The molecule has 2 heterocycles. The van der Waals surface area contributed by atoms with Crippen LogP contribution in [-0.4, -0.2) is 16.0 Å². The van der Waals surface area contributed by atoms with E-state index in [0.717, 1.165) is 35.2 Å². The zero-order valence-electron chi connectivity index (χ0n) is 19.8. The average Bonchev–Trinajstić information content (AvgIpc) is 3.72. The van der Waals surface area contributed by atoms with Crippen molar-refractivity contribution in [1.82, 2.24) is 9.97 Å². The van der Waals surface area contributed by atoms with Crippen molar-refractivity contribution in [1.29, 1.82) is 10.5 Å². The van der Waals surface area contributed by atoms with Gasteiger partial charge in [-0.3, -0.25) is 0 Å². The van der Waals surface area contributed by atoms with Crippen molar-refractivity contribution in [3.05, 3.63) is 124 Å². The van der Waals surface area contributed by atoms with Gasteiger partial charge in [0.25, 0.3) is 0 Å². The van der Waals surface area contributed by atoms with Crippen molar-refractivity contribution >= 4 is 5.69 Å². The van der Waals surface area contributed by atoms with E-state index in [9.17, 15) is 13.2 Å². The lowest BCUT2D eigenvalue weighted by atomic mass is 10.1. The molecule has 0 amide bonds. The molecule has 1 saturated carbocycles. The molecule has 0 atom stereocenters. The normalized spacial score (nSPS) is 12.0. The van der Waals surface area contributed by atoms with Crippen LogP contribution in [0.4, 0.5) is 18.9 Å². The zero-order valence-corrected chi connectivity index (χ0v) is 19.8. The average molecular weight is 498 g/mol. The Bertz CT molecular complexity index is 1450. The minimum absolute atomic E-state index is 0.215. The standard InChI is InChI=1S/C16H14FN3.C13H8F2N2/c17-13-3-1-11(2-4-13)7-12-8-15(20-14-5-6-14)16(9-18)19-10-12;14-11-3-1-9(2-4-11)5-10-6-12(15)13(7-16)17-8-10/h1-4,8,10,14,20H,5-7H2;1-4,6,8H,5H2. The van der Waals surface area contributed by atoms with Crippen LogP contribution in [0, 0.1) is 40.1 Å². The lowest BCUT2D eigenvalue weighted by Gasteiger charge is -2.09. The van der Waals surface area contributed by atoms with Crippen molar-refractivity contribution in [3.8, 4) is 12.1 Å². The van der Waals surface area contributed by atoms with E-state index in [1.54, 1.807) is 36.5 Å². The molecule has 2 aromatic heterocycles. The molecular formula is C29H22F3N5. The molecule has 1 N–H and O–H groups in total. The molecule has 1 aliphatic rings. The van der Waals surface area contributed by atoms with E-state index >= 15 is 0 Å². The van der Waals surface area contributed by atoms with Crippen molar-refractivity contribution in [2.75, 3.05) is 5.32 Å². The van der Waals surface area contributed by atoms with Crippen LogP contribution >= 0.6 is 0 Å². The van der Waals surface area contributed by atoms with E-state index in [2.05, 4.69) is 21.4 Å². The Morgan fingerprint density at radius 3 is 1.65 bits per heavy atom. The van der Waals surface area contributed by atoms with E-state index in [1.165, 1.54) is 36.5 Å². The third-order valence-electron chi connectivity index (χ3n) is 5.63. The molecular weight excluding hydrogens is 475 g/mol. The fraction of sp³-hybridized carbons (Fsp3) is 0.172. The van der Waals surface area contributed by atoms with Crippen LogP contribution in [0.5, 0.6) is 0 Å². The summed E-state index contributed by atoms with van der Waals surface area (Å²) in [6.07, 6.45) is 6.58. The van der Waals surface area contributed by atoms with Crippen LogP contribution < -0.4 is 5.32 Å². The number of anilines is 1. The molecule has 0 spiro atoms. The van der Waals surface area contributed by atoms with Gasteiger partial charge in [0, 0.05) is 18.4 Å². The first-order chi connectivity index (χ1) is 17.9. The molecule has 0 unspecified atom stereocenters. The first-order valence-electron chi connectivity index (χ1n) is 11.6. The number of benzene rings is 2. The first-order valence-corrected chi connectivity index (χ1v) is 11.6. The van der Waals surface area contributed by atoms with Crippen LogP contribution in [-0.2, 0) is 12.8 Å². The van der Waals surface area contributed by atoms with Crippen LogP contribution in [0.15, 0.2) is 73.1 Å². The highest BCUT2D eigenvalue weighted by atomic mass is 19.1. The fourth-order valence-electron chi connectivity index (χ4n) is 3.58. The molecule has 0 radical (unpaired) electrons. The third-order valence-corrected chi connectivity index (χ3v) is 5.63. The van der Waals surface area contributed by atoms with Gasteiger partial charge in [0.15, 0.2) is 17.2 Å². The maximum Gasteiger partial charge on any atom is 0.176 e. The highest BCUT2D eigenvalue weighted by Crippen LogP contribution is 2.27. The van der Waals surface area contributed by atoms with Crippen molar-refractivity contribution in [2.24, 2.45) is 0 Å². The first kappa shape index (κ1) is 25.4. The minimum atomic E-state index is -0.632. The van der Waals surface area contributed by atoms with Gasteiger partial charge in [-0.2, -0.15) is 10.5 Å². The molecule has 0 aliphatic heterocycles. The zero-order chi connectivity index (χ0) is 26.2. The summed E-state index contributed by atoms with van der Waals surface area (Å²) in [5.41, 5.74) is 4.56. The Morgan fingerprint density at radius 2 is 1.19 bits per heavy atom. The summed E-state index contributed by atoms with van der Waals surface area (Å²) in [5, 5.41) is 20.9. The van der Waals surface area contributed by atoms with E-state index in [1.807, 2.05) is 6.07 Å². The number of nitrogens with one attached hydrogen (secondary N) is 1. The molecule has 5 rings (SSSR count). The molecule has 184 valence electrons. The predicted molar refractivity (Wildman–Crippen MR) is 133 cm³/mol. The van der Waals surface area contributed by atoms with Crippen LogP contribution in [0.2, 0.25) is 0 Å². The Kier molecular flexibility index (Phi) is 8.12. The molecule has 4 aromatic rings. The van der Waals surface area contributed by atoms with E-state index in [-0.39, 0.29) is 17.3 Å². The molecule has 1 fully saturated rings. The second kappa shape index (κ2) is 11.8. The highest BCUT2D eigenvalue weighted by Gasteiger charge is 2.22. The maximum atomic E-state index is 13.3. The Hall–Kier alpha value is -4.69. The summed E-state index contributed by atoms with van der Waals surface area (Å²) in [4.78, 5) is 7.89. The number of aromatic nitrogens is 2. The second-order valence-electron chi connectivity index (χ2n) is 8.66. The summed E-state index contributed by atoms with van der Waals surface area (Å²) in [6, 6.07) is 19.9. The number of nitriles is 2. The molecule has 8 heteroatoms. The molecule has 1 aliphatic carbocycles. The minimum Gasteiger partial charge on any atom is -0.380 e. The predicted octanol–water partition coefficient (Wildman–Crippen LogP) is 6.08. The van der Waals surface area contributed by atoms with Gasteiger partial charge in [0.05, 0.1) is 5.69 Å². The summed E-state index contributed by atoms with van der Waals surface area (Å²) >= 11 is 0. The van der Waals surface area contributed by atoms with Gasteiger partial charge in [-0.15, -0.1) is 0 Å². The molecule has 2 aromatic carbocycles. The summed E-state index contributed by atoms with van der Waals surface area (Å²) in [6.45, 7) is 0. The highest BCUT2D eigenvalue weighted by molar-refractivity contribution is 5.56. The number of halogens is 3. The molecule has 0 bridgehead atoms. The van der Waals surface area contributed by atoms with Crippen molar-refractivity contribution in [3.63, 3.8) is 0 Å². The maximum absolute atomic E-state index is 13.3. The van der Waals surface area contributed by atoms with E-state index in [4.69, 9.17) is 10.5 Å². The van der Waals surface area contributed by atoms with Gasteiger partial charge in [-0.25, -0.2) is 23.1 Å². The Labute approximate surface area is 212 Å². The SMILES string of the molecule is N#Cc1ncc(Cc2ccc(F)cc2)cc1F.N#Cc1ncc(Cc2ccc(F)cc2)cc1NC1CC1. The van der Waals surface area contributed by atoms with Crippen LogP contribution in [0.3, 0.4) is 0 Å². The molecule has 0 saturated heterocycles. The lowest BCUT2D eigenvalue weighted by Crippen LogP contribution is -2.05. The molecule has 37 heavy (non-hydrogen) atoms. The van der Waals surface area contributed by atoms with Crippen molar-refractivity contribution < 1.29 is 13.2 Å². The van der Waals surface area contributed by atoms with Gasteiger partial charge >= 0.3 is 0 Å². The number of nitrogens with zero attached hydrogens (tertiary/aromatic N) is 4. The van der Waals surface area contributed by atoms with E-state index < -0.39 is 5.82 Å². The fourth-order valence-corrected chi connectivity index (χ4v) is 3.58. The number of rotatable bonds is 6. The summed E-state index contributed by atoms with van der Waals surface area (Å²) < 4.78 is 38.8. The number of hydrogen-bond donors (Lipinski definition) is 1. The third kappa shape index (κ3) is 7.39. The van der Waals surface area contributed by atoms with Gasteiger partial charge in [-0.05, 0) is 84.3 Å². The van der Waals surface area contributed by atoms with Gasteiger partial charge in [0.2, 0.25) is 0 Å². The number of hydrogen-bond acceptors (Lipinski definition) is 5. The number of pyridine rings is 2. The Balaban J connectivity index is 0.000000176. The van der Waals surface area contributed by atoms with Gasteiger partial charge < -0.3 is 5.32 Å². The summed E-state index contributed by atoms with van der Waals surface area (Å²) in [7, 11) is 0. The lowest BCUT2D eigenvalue weighted by molar-refractivity contribution is 0.614. The monoisotopic (exact) mass is 497 g/mol. The Morgan fingerprint density at radius 1 is 0.703 bits per heavy atom. The second-order valence-corrected chi connectivity index (χ2v) is 8.66. The topological polar surface area (TPSA) is 85.4 Å². The summed E-state index contributed by atoms with van der Waals surface area (Å²) in [5.74, 6) is -1.17. The van der Waals surface area contributed by atoms with Gasteiger partial charge in [0.1, 0.15) is 23.8 Å². The smallest absolute Gasteiger partial charge is 0.176 e. The van der Waals surface area contributed by atoms with Gasteiger partial charge in [-0.1, -0.05) is 24.3 Å². The van der Waals surface area contributed by atoms with E-state index in [0.29, 0.717) is 30.1 Å². The van der Waals surface area contributed by atoms with Crippen LogP contribution in [0.25, 0.3) is 0 Å². The largest absolute Gasteiger partial charge is 0.380 e. The quantitative estimate of drug-likeness (QED) is 0.349.